The second-order valence-electron chi connectivity index (χ2n) is 5.12. The Morgan fingerprint density at radius 1 is 1.62 bits per heavy atom. The standard InChI is InChI=1S/C12H16O3S/c1-11(2,10(13)14)6-12(7-15-8-12)9-4-3-5-16-9/h3-5H,6-8H2,1-2H3,(H,13,14). The van der Waals surface area contributed by atoms with E-state index in [9.17, 15) is 9.90 Å². The van der Waals surface area contributed by atoms with Gasteiger partial charge in [0.2, 0.25) is 0 Å². The molecule has 1 N–H and O–H groups in total. The number of carboxylic acid groups (broad SMARTS) is 1. The predicted molar refractivity (Wildman–Crippen MR) is 62.8 cm³/mol. The van der Waals surface area contributed by atoms with Crippen LogP contribution in [0.1, 0.15) is 25.1 Å². The minimum Gasteiger partial charge on any atom is -0.481 e. The predicted octanol–water partition coefficient (Wildman–Crippen LogP) is 2.52. The molecule has 0 aliphatic carbocycles. The molecule has 0 bridgehead atoms. The van der Waals surface area contributed by atoms with Gasteiger partial charge in [0.25, 0.3) is 0 Å². The van der Waals surface area contributed by atoms with Gasteiger partial charge >= 0.3 is 5.97 Å². The van der Waals surface area contributed by atoms with Crippen LogP contribution >= 0.6 is 11.3 Å². The van der Waals surface area contributed by atoms with Crippen molar-refractivity contribution in [2.24, 2.45) is 5.41 Å². The smallest absolute Gasteiger partial charge is 0.309 e. The van der Waals surface area contributed by atoms with Gasteiger partial charge in [0.05, 0.1) is 24.0 Å². The van der Waals surface area contributed by atoms with Gasteiger partial charge in [0.15, 0.2) is 0 Å². The summed E-state index contributed by atoms with van der Waals surface area (Å²) < 4.78 is 5.30. The Kier molecular flexibility index (Phi) is 2.80. The highest BCUT2D eigenvalue weighted by molar-refractivity contribution is 7.10. The van der Waals surface area contributed by atoms with Crippen LogP contribution in [0.2, 0.25) is 0 Å². The van der Waals surface area contributed by atoms with Crippen LogP contribution in [0.5, 0.6) is 0 Å². The van der Waals surface area contributed by atoms with Gasteiger partial charge in [-0.3, -0.25) is 4.79 Å². The summed E-state index contributed by atoms with van der Waals surface area (Å²) in [6.07, 6.45) is 0.635. The first-order valence-corrected chi connectivity index (χ1v) is 6.19. The minimum atomic E-state index is -0.740. The van der Waals surface area contributed by atoms with Gasteiger partial charge in [-0.15, -0.1) is 11.3 Å². The summed E-state index contributed by atoms with van der Waals surface area (Å²) >= 11 is 1.69. The van der Waals surface area contributed by atoms with Crippen LogP contribution in [-0.2, 0) is 14.9 Å². The van der Waals surface area contributed by atoms with Crippen molar-refractivity contribution >= 4 is 17.3 Å². The van der Waals surface area contributed by atoms with Crippen LogP contribution in [0.4, 0.5) is 0 Å². The number of hydrogen-bond acceptors (Lipinski definition) is 3. The molecule has 1 aliphatic rings. The average Bonchev–Trinajstić information content (AvgIpc) is 2.64. The summed E-state index contributed by atoms with van der Waals surface area (Å²) in [5.41, 5.74) is -0.774. The van der Waals surface area contributed by atoms with Gasteiger partial charge in [0.1, 0.15) is 0 Å². The van der Waals surface area contributed by atoms with Gasteiger partial charge in [-0.25, -0.2) is 0 Å². The lowest BCUT2D eigenvalue weighted by molar-refractivity contribution is -0.152. The number of rotatable bonds is 4. The molecule has 1 aliphatic heterocycles. The van der Waals surface area contributed by atoms with E-state index in [2.05, 4.69) is 6.07 Å². The van der Waals surface area contributed by atoms with Crippen molar-refractivity contribution < 1.29 is 14.6 Å². The molecular weight excluding hydrogens is 224 g/mol. The topological polar surface area (TPSA) is 46.5 Å². The van der Waals surface area contributed by atoms with Crippen molar-refractivity contribution in [1.82, 2.24) is 0 Å². The summed E-state index contributed by atoms with van der Waals surface area (Å²) in [6.45, 7) is 4.85. The maximum atomic E-state index is 11.2. The molecule has 0 amide bonds. The highest BCUT2D eigenvalue weighted by Gasteiger charge is 2.47. The Morgan fingerprint density at radius 3 is 2.69 bits per heavy atom. The van der Waals surface area contributed by atoms with E-state index < -0.39 is 11.4 Å². The molecular formula is C12H16O3S. The van der Waals surface area contributed by atoms with Gasteiger partial charge in [-0.05, 0) is 31.7 Å². The van der Waals surface area contributed by atoms with Gasteiger partial charge < -0.3 is 9.84 Å². The van der Waals surface area contributed by atoms with E-state index in [0.29, 0.717) is 19.6 Å². The number of hydrogen-bond donors (Lipinski definition) is 1. The fraction of sp³-hybridized carbons (Fsp3) is 0.583. The SMILES string of the molecule is CC(C)(CC1(c2cccs2)COC1)C(=O)O. The molecule has 2 heterocycles. The highest BCUT2D eigenvalue weighted by atomic mass is 32.1. The van der Waals surface area contributed by atoms with Crippen molar-refractivity contribution in [2.75, 3.05) is 13.2 Å². The lowest BCUT2D eigenvalue weighted by Gasteiger charge is -2.44. The van der Waals surface area contributed by atoms with Crippen LogP contribution in [-0.4, -0.2) is 24.3 Å². The second-order valence-corrected chi connectivity index (χ2v) is 6.06. The molecule has 0 aromatic carbocycles. The van der Waals surface area contributed by atoms with Crippen molar-refractivity contribution in [3.8, 4) is 0 Å². The average molecular weight is 240 g/mol. The van der Waals surface area contributed by atoms with E-state index in [4.69, 9.17) is 4.74 Å². The fourth-order valence-corrected chi connectivity index (χ4v) is 3.08. The van der Waals surface area contributed by atoms with Gasteiger partial charge in [-0.1, -0.05) is 6.07 Å². The minimum absolute atomic E-state index is 0.0734. The van der Waals surface area contributed by atoms with Crippen LogP contribution in [0.15, 0.2) is 17.5 Å². The lowest BCUT2D eigenvalue weighted by atomic mass is 9.70. The summed E-state index contributed by atoms with van der Waals surface area (Å²) in [5.74, 6) is -0.740. The first-order valence-electron chi connectivity index (χ1n) is 5.31. The zero-order valence-corrected chi connectivity index (χ0v) is 10.3. The molecule has 1 saturated heterocycles. The number of ether oxygens (including phenoxy) is 1. The lowest BCUT2D eigenvalue weighted by Crippen LogP contribution is -2.50. The normalized spacial score (nSPS) is 19.1. The van der Waals surface area contributed by atoms with Gasteiger partial charge in [0, 0.05) is 4.88 Å². The van der Waals surface area contributed by atoms with E-state index in [1.165, 1.54) is 4.88 Å². The Hall–Kier alpha value is -0.870. The van der Waals surface area contributed by atoms with E-state index in [0.717, 1.165) is 0 Å². The summed E-state index contributed by atoms with van der Waals surface area (Å²) in [7, 11) is 0. The monoisotopic (exact) mass is 240 g/mol. The quantitative estimate of drug-likeness (QED) is 0.879. The van der Waals surface area contributed by atoms with Crippen molar-refractivity contribution in [3.05, 3.63) is 22.4 Å². The summed E-state index contributed by atoms with van der Waals surface area (Å²) in [6, 6.07) is 4.08. The van der Waals surface area contributed by atoms with Crippen LogP contribution in [0.25, 0.3) is 0 Å². The van der Waals surface area contributed by atoms with Crippen molar-refractivity contribution in [3.63, 3.8) is 0 Å². The molecule has 88 valence electrons. The van der Waals surface area contributed by atoms with Crippen LogP contribution < -0.4 is 0 Å². The third-order valence-corrected chi connectivity index (χ3v) is 4.28. The molecule has 0 atom stereocenters. The molecule has 1 aromatic heterocycles. The fourth-order valence-electron chi connectivity index (χ4n) is 2.18. The third kappa shape index (κ3) is 1.87. The Morgan fingerprint density at radius 2 is 2.31 bits per heavy atom. The zero-order chi connectivity index (χ0) is 11.8. The second kappa shape index (κ2) is 3.86. The maximum Gasteiger partial charge on any atom is 0.309 e. The van der Waals surface area contributed by atoms with Crippen molar-refractivity contribution in [2.45, 2.75) is 25.7 Å². The molecule has 0 saturated carbocycles. The maximum absolute atomic E-state index is 11.2. The summed E-state index contributed by atoms with van der Waals surface area (Å²) in [4.78, 5) is 12.4. The Balaban J connectivity index is 2.21. The molecule has 2 rings (SSSR count). The van der Waals surface area contributed by atoms with E-state index in [1.807, 2.05) is 11.4 Å². The zero-order valence-electron chi connectivity index (χ0n) is 9.53. The Labute approximate surface area is 99.1 Å². The van der Waals surface area contributed by atoms with Crippen LogP contribution in [0.3, 0.4) is 0 Å². The molecule has 0 spiro atoms. The van der Waals surface area contributed by atoms with E-state index in [1.54, 1.807) is 25.2 Å². The molecule has 1 aromatic rings. The van der Waals surface area contributed by atoms with E-state index >= 15 is 0 Å². The van der Waals surface area contributed by atoms with Crippen molar-refractivity contribution in [1.29, 1.82) is 0 Å². The first-order chi connectivity index (χ1) is 7.46. The molecule has 16 heavy (non-hydrogen) atoms. The summed E-state index contributed by atoms with van der Waals surface area (Å²) in [5, 5.41) is 11.2. The molecule has 4 heteroatoms. The third-order valence-electron chi connectivity index (χ3n) is 3.16. The number of carbonyl (C=O) groups is 1. The molecule has 3 nitrogen and oxygen atoms in total. The number of carboxylic acids is 1. The molecule has 0 radical (unpaired) electrons. The number of aliphatic carboxylic acids is 1. The van der Waals surface area contributed by atoms with Crippen LogP contribution in [0, 0.1) is 5.41 Å². The van der Waals surface area contributed by atoms with Gasteiger partial charge in [-0.2, -0.15) is 0 Å². The van der Waals surface area contributed by atoms with E-state index in [-0.39, 0.29) is 5.41 Å². The largest absolute Gasteiger partial charge is 0.481 e. The molecule has 0 unspecified atom stereocenters. The highest BCUT2D eigenvalue weighted by Crippen LogP contribution is 2.44. The molecule has 1 fully saturated rings. The number of thiophene rings is 1. The first kappa shape index (κ1) is 11.6. The Bertz CT molecular complexity index is 377.